The van der Waals surface area contributed by atoms with Crippen LogP contribution in [0, 0.1) is 0 Å². The Kier molecular flexibility index (Phi) is 10.7. The van der Waals surface area contributed by atoms with E-state index >= 15 is 0 Å². The Morgan fingerprint density at radius 3 is 2.48 bits per heavy atom. The summed E-state index contributed by atoms with van der Waals surface area (Å²) in [5, 5.41) is 9.15. The van der Waals surface area contributed by atoms with Crippen LogP contribution in [-0.2, 0) is 23.2 Å². The molecule has 0 spiro atoms. The smallest absolute Gasteiger partial charge is 0.241 e. The van der Waals surface area contributed by atoms with Crippen LogP contribution in [0.15, 0.2) is 45.9 Å². The molecule has 7 nitrogen and oxygen atoms in total. The first-order valence-corrected chi connectivity index (χ1v) is 9.66. The molecule has 0 saturated heterocycles. The van der Waals surface area contributed by atoms with Crippen molar-refractivity contribution in [1.82, 2.24) is 20.9 Å². The van der Waals surface area contributed by atoms with Crippen molar-refractivity contribution in [3.63, 3.8) is 0 Å². The molecule has 1 amide bonds. The van der Waals surface area contributed by atoms with Crippen LogP contribution in [-0.4, -0.2) is 36.5 Å². The number of halogens is 1. The average Bonchev–Trinajstić information content (AvgIpc) is 3.14. The van der Waals surface area contributed by atoms with Gasteiger partial charge in [-0.05, 0) is 18.9 Å². The standard InChI is InChI=1S/C21H31N5O2.HI/c1-5-22-20(26-15-19-24-13-17(28-19)21(2,3)4)25-14-18(27)23-12-11-16-9-7-6-8-10-16;/h6-10,13H,5,11-12,14-15H2,1-4H3,(H,23,27)(H2,22,25,26);1H. The summed E-state index contributed by atoms with van der Waals surface area (Å²) in [5.74, 6) is 1.86. The lowest BCUT2D eigenvalue weighted by Crippen LogP contribution is -2.38. The van der Waals surface area contributed by atoms with Crippen LogP contribution < -0.4 is 16.0 Å². The van der Waals surface area contributed by atoms with Gasteiger partial charge in [0.05, 0.1) is 12.7 Å². The van der Waals surface area contributed by atoms with Gasteiger partial charge in [-0.2, -0.15) is 0 Å². The number of benzene rings is 1. The first-order chi connectivity index (χ1) is 13.4. The van der Waals surface area contributed by atoms with E-state index in [2.05, 4.69) is 46.7 Å². The minimum atomic E-state index is -0.112. The maximum atomic E-state index is 12.0. The fraction of sp³-hybridized carbons (Fsp3) is 0.476. The Balaban J connectivity index is 0.00000420. The number of carbonyl (C=O) groups is 1. The molecular weight excluding hydrogens is 481 g/mol. The van der Waals surface area contributed by atoms with Gasteiger partial charge in [-0.25, -0.2) is 9.98 Å². The second-order valence-electron chi connectivity index (χ2n) is 7.50. The van der Waals surface area contributed by atoms with E-state index in [1.807, 2.05) is 37.3 Å². The van der Waals surface area contributed by atoms with E-state index in [0.29, 0.717) is 31.5 Å². The number of guanidine groups is 1. The number of hydrogen-bond acceptors (Lipinski definition) is 4. The maximum Gasteiger partial charge on any atom is 0.241 e. The first-order valence-electron chi connectivity index (χ1n) is 9.66. The van der Waals surface area contributed by atoms with Gasteiger partial charge in [-0.1, -0.05) is 51.1 Å². The quantitative estimate of drug-likeness (QED) is 0.287. The molecule has 1 aromatic carbocycles. The van der Waals surface area contributed by atoms with Crippen LogP contribution in [0.5, 0.6) is 0 Å². The van der Waals surface area contributed by atoms with Crippen molar-refractivity contribution in [3.8, 4) is 0 Å². The van der Waals surface area contributed by atoms with Gasteiger partial charge < -0.3 is 20.4 Å². The summed E-state index contributed by atoms with van der Waals surface area (Å²) in [6.45, 7) is 9.95. The summed E-state index contributed by atoms with van der Waals surface area (Å²) in [6, 6.07) is 10.1. The van der Waals surface area contributed by atoms with Crippen LogP contribution in [0.1, 0.15) is 44.9 Å². The van der Waals surface area contributed by atoms with E-state index in [-0.39, 0.29) is 41.8 Å². The SMILES string of the molecule is CCNC(=NCC(=O)NCCc1ccccc1)NCc1ncc(C(C)(C)C)o1.I. The van der Waals surface area contributed by atoms with Crippen LogP contribution in [0.25, 0.3) is 0 Å². The zero-order valence-corrected chi connectivity index (χ0v) is 19.9. The third kappa shape index (κ3) is 9.29. The molecule has 0 unspecified atom stereocenters. The van der Waals surface area contributed by atoms with Crippen molar-refractivity contribution >= 4 is 35.8 Å². The second-order valence-corrected chi connectivity index (χ2v) is 7.50. The molecule has 3 N–H and O–H groups in total. The van der Waals surface area contributed by atoms with Crippen LogP contribution in [0.4, 0.5) is 0 Å². The van der Waals surface area contributed by atoms with E-state index in [0.717, 1.165) is 12.2 Å². The zero-order valence-electron chi connectivity index (χ0n) is 17.6. The molecule has 0 aliphatic heterocycles. The predicted octanol–water partition coefficient (Wildman–Crippen LogP) is 3.00. The molecule has 0 aliphatic carbocycles. The van der Waals surface area contributed by atoms with Gasteiger partial charge >= 0.3 is 0 Å². The minimum Gasteiger partial charge on any atom is -0.443 e. The Bertz CT molecular complexity index is 769. The van der Waals surface area contributed by atoms with Gasteiger partial charge in [-0.15, -0.1) is 24.0 Å². The molecule has 0 bridgehead atoms. The maximum absolute atomic E-state index is 12.0. The molecule has 0 fully saturated rings. The molecule has 8 heteroatoms. The number of rotatable bonds is 8. The fourth-order valence-corrected chi connectivity index (χ4v) is 2.44. The molecule has 0 radical (unpaired) electrons. The molecule has 1 heterocycles. The highest BCUT2D eigenvalue weighted by Gasteiger charge is 2.19. The molecular formula is C21H32IN5O2. The highest BCUT2D eigenvalue weighted by atomic mass is 127. The topological polar surface area (TPSA) is 91.5 Å². The molecule has 29 heavy (non-hydrogen) atoms. The van der Waals surface area contributed by atoms with Crippen molar-refractivity contribution in [1.29, 1.82) is 0 Å². The lowest BCUT2D eigenvalue weighted by molar-refractivity contribution is -0.119. The summed E-state index contributed by atoms with van der Waals surface area (Å²) < 4.78 is 5.76. The normalized spacial score (nSPS) is 11.5. The number of hydrogen-bond donors (Lipinski definition) is 3. The van der Waals surface area contributed by atoms with Gasteiger partial charge in [-0.3, -0.25) is 4.79 Å². The van der Waals surface area contributed by atoms with E-state index < -0.39 is 0 Å². The first kappa shape index (κ1) is 24.9. The Hall–Kier alpha value is -2.10. The second kappa shape index (κ2) is 12.5. The van der Waals surface area contributed by atoms with E-state index in [4.69, 9.17) is 4.42 Å². The van der Waals surface area contributed by atoms with E-state index in [1.165, 1.54) is 5.56 Å². The van der Waals surface area contributed by atoms with Crippen molar-refractivity contribution in [2.24, 2.45) is 4.99 Å². The Labute approximate surface area is 190 Å². The third-order valence-corrected chi connectivity index (χ3v) is 4.00. The monoisotopic (exact) mass is 513 g/mol. The minimum absolute atomic E-state index is 0. The summed E-state index contributed by atoms with van der Waals surface area (Å²) in [7, 11) is 0. The summed E-state index contributed by atoms with van der Waals surface area (Å²) >= 11 is 0. The number of nitrogens with one attached hydrogen (secondary N) is 3. The van der Waals surface area contributed by atoms with Crippen molar-refractivity contribution in [2.45, 2.75) is 46.1 Å². The van der Waals surface area contributed by atoms with Crippen LogP contribution >= 0.6 is 24.0 Å². The van der Waals surface area contributed by atoms with Gasteiger partial charge in [0.2, 0.25) is 11.8 Å². The molecule has 1 aromatic heterocycles. The number of aromatic nitrogens is 1. The van der Waals surface area contributed by atoms with Crippen molar-refractivity contribution < 1.29 is 9.21 Å². The molecule has 0 aliphatic rings. The van der Waals surface area contributed by atoms with Crippen molar-refractivity contribution in [2.75, 3.05) is 19.6 Å². The van der Waals surface area contributed by atoms with Gasteiger partial charge in [0.1, 0.15) is 12.3 Å². The number of nitrogens with zero attached hydrogens (tertiary/aromatic N) is 2. The highest BCUT2D eigenvalue weighted by Crippen LogP contribution is 2.22. The summed E-state index contributed by atoms with van der Waals surface area (Å²) in [5.41, 5.74) is 1.11. The van der Waals surface area contributed by atoms with Crippen LogP contribution in [0.3, 0.4) is 0 Å². The lowest BCUT2D eigenvalue weighted by Gasteiger charge is -2.13. The molecule has 2 aromatic rings. The number of carbonyl (C=O) groups excluding carboxylic acids is 1. The van der Waals surface area contributed by atoms with Gasteiger partial charge in [0.25, 0.3) is 0 Å². The third-order valence-electron chi connectivity index (χ3n) is 4.00. The fourth-order valence-electron chi connectivity index (χ4n) is 2.44. The summed E-state index contributed by atoms with van der Waals surface area (Å²) in [6.07, 6.45) is 2.55. The highest BCUT2D eigenvalue weighted by molar-refractivity contribution is 14.0. The zero-order chi connectivity index (χ0) is 20.4. The van der Waals surface area contributed by atoms with Gasteiger partial charge in [0, 0.05) is 18.5 Å². The molecule has 2 rings (SSSR count). The number of oxazole rings is 1. The van der Waals surface area contributed by atoms with Gasteiger partial charge in [0.15, 0.2) is 5.96 Å². The van der Waals surface area contributed by atoms with E-state index in [9.17, 15) is 4.79 Å². The summed E-state index contributed by atoms with van der Waals surface area (Å²) in [4.78, 5) is 20.6. The lowest BCUT2D eigenvalue weighted by atomic mass is 9.94. The average molecular weight is 513 g/mol. The number of aliphatic imine (C=N–C) groups is 1. The predicted molar refractivity (Wildman–Crippen MR) is 127 cm³/mol. The van der Waals surface area contributed by atoms with Crippen LogP contribution in [0.2, 0.25) is 0 Å². The Morgan fingerprint density at radius 1 is 1.14 bits per heavy atom. The molecule has 0 saturated carbocycles. The largest absolute Gasteiger partial charge is 0.443 e. The van der Waals surface area contributed by atoms with Crippen molar-refractivity contribution in [3.05, 3.63) is 53.7 Å². The van der Waals surface area contributed by atoms with E-state index in [1.54, 1.807) is 6.20 Å². The number of amides is 1. The molecule has 160 valence electrons. The Morgan fingerprint density at radius 2 is 1.86 bits per heavy atom. The molecule has 0 atom stereocenters.